The fourth-order valence-corrected chi connectivity index (χ4v) is 2.98. The maximum atomic E-state index is 5.75. The molecular formula is C22H21N3O3. The van der Waals surface area contributed by atoms with E-state index in [1.807, 2.05) is 63.2 Å². The van der Waals surface area contributed by atoms with Gasteiger partial charge in [-0.25, -0.2) is 4.98 Å². The molecule has 0 aliphatic heterocycles. The van der Waals surface area contributed by atoms with Gasteiger partial charge < -0.3 is 14.0 Å². The van der Waals surface area contributed by atoms with E-state index in [1.165, 1.54) is 0 Å². The van der Waals surface area contributed by atoms with Crippen LogP contribution in [0.15, 0.2) is 53.1 Å². The lowest BCUT2D eigenvalue weighted by Gasteiger charge is -2.08. The maximum absolute atomic E-state index is 5.75. The van der Waals surface area contributed by atoms with Crippen LogP contribution in [0.5, 0.6) is 11.6 Å². The molecular weight excluding hydrogens is 354 g/mol. The molecule has 0 unspecified atom stereocenters. The number of rotatable bonds is 6. The minimum atomic E-state index is 0.435. The molecule has 0 atom stereocenters. The quantitative estimate of drug-likeness (QED) is 0.469. The summed E-state index contributed by atoms with van der Waals surface area (Å²) in [6.07, 6.45) is 0. The van der Waals surface area contributed by atoms with Crippen molar-refractivity contribution >= 4 is 10.9 Å². The van der Waals surface area contributed by atoms with Crippen molar-refractivity contribution in [1.29, 1.82) is 0 Å². The highest BCUT2D eigenvalue weighted by Crippen LogP contribution is 2.32. The Morgan fingerprint density at radius 3 is 2.43 bits per heavy atom. The monoisotopic (exact) mass is 375 g/mol. The smallest absolute Gasteiger partial charge is 0.258 e. The van der Waals surface area contributed by atoms with E-state index in [2.05, 4.69) is 21.2 Å². The highest BCUT2D eigenvalue weighted by molar-refractivity contribution is 5.85. The van der Waals surface area contributed by atoms with E-state index in [9.17, 15) is 0 Å². The van der Waals surface area contributed by atoms with Gasteiger partial charge in [0.1, 0.15) is 5.75 Å². The fraction of sp³-hybridized carbons (Fsp3) is 0.227. The second-order valence-electron chi connectivity index (χ2n) is 6.35. The summed E-state index contributed by atoms with van der Waals surface area (Å²) in [5.41, 5.74) is 3.55. The van der Waals surface area contributed by atoms with Crippen LogP contribution in [0.3, 0.4) is 0 Å². The molecule has 2 aromatic carbocycles. The third kappa shape index (κ3) is 3.53. The lowest BCUT2D eigenvalue weighted by Crippen LogP contribution is -1.98. The van der Waals surface area contributed by atoms with Crippen molar-refractivity contribution in [2.24, 2.45) is 0 Å². The number of aryl methyl sites for hydroxylation is 1. The SMILES string of the molecule is CCOc1ccc(-c2nc(-c3cc4ccc(C)cc4nc3OCC)no2)cc1. The lowest BCUT2D eigenvalue weighted by atomic mass is 10.1. The highest BCUT2D eigenvalue weighted by Gasteiger charge is 2.17. The molecule has 2 aromatic heterocycles. The van der Waals surface area contributed by atoms with Gasteiger partial charge >= 0.3 is 0 Å². The Kier molecular flexibility index (Phi) is 4.93. The Labute approximate surface area is 163 Å². The van der Waals surface area contributed by atoms with Crippen LogP contribution in [0, 0.1) is 6.92 Å². The number of hydrogen-bond acceptors (Lipinski definition) is 6. The third-order valence-corrected chi connectivity index (χ3v) is 4.30. The van der Waals surface area contributed by atoms with Crippen molar-refractivity contribution < 1.29 is 14.0 Å². The number of nitrogens with zero attached hydrogens (tertiary/aromatic N) is 3. The molecule has 0 fully saturated rings. The van der Waals surface area contributed by atoms with Gasteiger partial charge in [0.05, 0.1) is 24.3 Å². The molecule has 0 saturated heterocycles. The minimum absolute atomic E-state index is 0.435. The lowest BCUT2D eigenvalue weighted by molar-refractivity contribution is 0.329. The van der Waals surface area contributed by atoms with Gasteiger partial charge in [-0.05, 0) is 62.7 Å². The average molecular weight is 375 g/mol. The van der Waals surface area contributed by atoms with Crippen LogP contribution in [0.2, 0.25) is 0 Å². The van der Waals surface area contributed by atoms with Gasteiger partial charge in [0, 0.05) is 10.9 Å². The molecule has 0 aliphatic rings. The molecule has 4 rings (SSSR count). The molecule has 0 radical (unpaired) electrons. The Hall–Kier alpha value is -3.41. The molecule has 4 aromatic rings. The number of benzene rings is 2. The highest BCUT2D eigenvalue weighted by atomic mass is 16.5. The van der Waals surface area contributed by atoms with Gasteiger partial charge in [-0.3, -0.25) is 0 Å². The van der Waals surface area contributed by atoms with E-state index in [1.54, 1.807) is 0 Å². The van der Waals surface area contributed by atoms with Crippen LogP contribution in [-0.2, 0) is 0 Å². The molecule has 142 valence electrons. The number of aromatic nitrogens is 3. The second-order valence-corrected chi connectivity index (χ2v) is 6.35. The van der Waals surface area contributed by atoms with Crippen molar-refractivity contribution in [3.8, 4) is 34.5 Å². The van der Waals surface area contributed by atoms with Crippen molar-refractivity contribution in [1.82, 2.24) is 15.1 Å². The van der Waals surface area contributed by atoms with Gasteiger partial charge in [-0.2, -0.15) is 4.98 Å². The van der Waals surface area contributed by atoms with Gasteiger partial charge in [-0.15, -0.1) is 0 Å². The normalized spacial score (nSPS) is 11.0. The van der Waals surface area contributed by atoms with E-state index >= 15 is 0 Å². The molecule has 0 saturated carbocycles. The van der Waals surface area contributed by atoms with E-state index in [0.29, 0.717) is 36.4 Å². The zero-order valence-corrected chi connectivity index (χ0v) is 16.1. The van der Waals surface area contributed by atoms with E-state index in [0.717, 1.165) is 27.8 Å². The summed E-state index contributed by atoms with van der Waals surface area (Å²) < 4.78 is 16.7. The van der Waals surface area contributed by atoms with Crippen LogP contribution in [0.4, 0.5) is 0 Å². The van der Waals surface area contributed by atoms with E-state index in [4.69, 9.17) is 14.0 Å². The Bertz CT molecular complexity index is 1100. The van der Waals surface area contributed by atoms with Crippen LogP contribution < -0.4 is 9.47 Å². The topological polar surface area (TPSA) is 70.3 Å². The summed E-state index contributed by atoms with van der Waals surface area (Å²) in [6.45, 7) is 7.04. The van der Waals surface area contributed by atoms with Gasteiger partial charge in [0.15, 0.2) is 0 Å². The molecule has 0 N–H and O–H groups in total. The molecule has 0 amide bonds. The standard InChI is InChI=1S/C22H21N3O3/c1-4-26-17-10-8-15(9-11-17)21-24-20(25-28-21)18-13-16-7-6-14(3)12-19(16)23-22(18)27-5-2/h6-13H,4-5H2,1-3H3. The first-order chi connectivity index (χ1) is 13.7. The van der Waals surface area contributed by atoms with Gasteiger partial charge in [0.2, 0.25) is 11.7 Å². The summed E-state index contributed by atoms with van der Waals surface area (Å²) in [4.78, 5) is 9.21. The first-order valence-electron chi connectivity index (χ1n) is 9.29. The van der Waals surface area contributed by atoms with Gasteiger partial charge in [-0.1, -0.05) is 17.3 Å². The number of fused-ring (bicyclic) bond motifs is 1. The largest absolute Gasteiger partial charge is 0.494 e. The molecule has 6 nitrogen and oxygen atoms in total. The van der Waals surface area contributed by atoms with E-state index in [-0.39, 0.29) is 0 Å². The zero-order chi connectivity index (χ0) is 19.5. The van der Waals surface area contributed by atoms with Crippen LogP contribution in [0.1, 0.15) is 19.4 Å². The van der Waals surface area contributed by atoms with Crippen LogP contribution in [-0.4, -0.2) is 28.3 Å². The molecule has 2 heterocycles. The third-order valence-electron chi connectivity index (χ3n) is 4.30. The number of hydrogen-bond donors (Lipinski definition) is 0. The first kappa shape index (κ1) is 18.0. The van der Waals surface area contributed by atoms with Crippen molar-refractivity contribution in [3.63, 3.8) is 0 Å². The number of ether oxygens (including phenoxy) is 2. The predicted octanol–water partition coefficient (Wildman–Crippen LogP) is 5.06. The van der Waals surface area contributed by atoms with Crippen molar-refractivity contribution in [2.45, 2.75) is 20.8 Å². The average Bonchev–Trinajstić information content (AvgIpc) is 3.18. The molecule has 0 aliphatic carbocycles. The summed E-state index contributed by atoms with van der Waals surface area (Å²) in [5, 5.41) is 5.15. The van der Waals surface area contributed by atoms with Crippen LogP contribution >= 0.6 is 0 Å². The Morgan fingerprint density at radius 2 is 1.68 bits per heavy atom. The first-order valence-corrected chi connectivity index (χ1v) is 9.29. The summed E-state index contributed by atoms with van der Waals surface area (Å²) in [6, 6.07) is 15.7. The molecule has 28 heavy (non-hydrogen) atoms. The van der Waals surface area contributed by atoms with Crippen molar-refractivity contribution in [3.05, 3.63) is 54.1 Å². The Morgan fingerprint density at radius 1 is 0.893 bits per heavy atom. The Balaban J connectivity index is 1.73. The van der Waals surface area contributed by atoms with Gasteiger partial charge in [0.25, 0.3) is 5.89 Å². The van der Waals surface area contributed by atoms with Crippen LogP contribution in [0.25, 0.3) is 33.7 Å². The zero-order valence-electron chi connectivity index (χ0n) is 16.1. The summed E-state index contributed by atoms with van der Waals surface area (Å²) in [5.74, 6) is 2.19. The van der Waals surface area contributed by atoms with Crippen molar-refractivity contribution in [2.75, 3.05) is 13.2 Å². The fourth-order valence-electron chi connectivity index (χ4n) is 2.98. The second kappa shape index (κ2) is 7.68. The molecule has 0 spiro atoms. The molecule has 6 heteroatoms. The number of pyridine rings is 1. The summed E-state index contributed by atoms with van der Waals surface area (Å²) >= 11 is 0. The molecule has 0 bridgehead atoms. The van der Waals surface area contributed by atoms with E-state index < -0.39 is 0 Å². The maximum Gasteiger partial charge on any atom is 0.258 e. The summed E-state index contributed by atoms with van der Waals surface area (Å²) in [7, 11) is 0. The minimum Gasteiger partial charge on any atom is -0.494 e. The predicted molar refractivity (Wildman–Crippen MR) is 108 cm³/mol.